The van der Waals surface area contributed by atoms with Crippen molar-refractivity contribution < 1.29 is 44.1 Å². The first-order chi connectivity index (χ1) is 13.8. The minimum Gasteiger partial charge on any atom is -0.481 e. The molecule has 0 spiro atoms. The van der Waals surface area contributed by atoms with Crippen LogP contribution in [0.2, 0.25) is 0 Å². The molecule has 0 heterocycles. The molecule has 0 aliphatic heterocycles. The number of carbonyl (C=O) groups is 6. The Morgan fingerprint density at radius 2 is 1.33 bits per heavy atom. The summed E-state index contributed by atoms with van der Waals surface area (Å²) in [6, 6.07) is -6.06. The molecule has 4 unspecified atom stereocenters. The number of carboxylic acids is 2. The number of hydrogen-bond donors (Lipinski definition) is 8. The Hall–Kier alpha value is -3.26. The number of primary amides is 1. The van der Waals surface area contributed by atoms with Gasteiger partial charge in [0.2, 0.25) is 23.6 Å². The minimum atomic E-state index is -1.69. The maximum atomic E-state index is 12.3. The van der Waals surface area contributed by atoms with Crippen LogP contribution in [-0.4, -0.2) is 81.7 Å². The summed E-state index contributed by atoms with van der Waals surface area (Å²) >= 11 is 0. The number of rotatable bonds is 13. The summed E-state index contributed by atoms with van der Waals surface area (Å²) in [7, 11) is 0. The van der Waals surface area contributed by atoms with Gasteiger partial charge in [0.25, 0.3) is 0 Å². The molecule has 0 fully saturated rings. The summed E-state index contributed by atoms with van der Waals surface area (Å²) in [5.41, 5.74) is 10.3. The van der Waals surface area contributed by atoms with E-state index in [0.29, 0.717) is 0 Å². The largest absolute Gasteiger partial charge is 0.481 e. The molecule has 0 radical (unpaired) electrons. The molecule has 0 saturated carbocycles. The van der Waals surface area contributed by atoms with Crippen LogP contribution in [-0.2, 0) is 28.8 Å². The van der Waals surface area contributed by atoms with E-state index in [0.717, 1.165) is 0 Å². The quantitative estimate of drug-likeness (QED) is 0.139. The molecule has 0 aromatic heterocycles. The summed E-state index contributed by atoms with van der Waals surface area (Å²) in [5.74, 6) is -7.45. The van der Waals surface area contributed by atoms with Crippen LogP contribution in [0.1, 0.15) is 26.7 Å². The van der Waals surface area contributed by atoms with E-state index in [1.165, 1.54) is 13.8 Å². The molecule has 170 valence electrons. The molecule has 0 aromatic carbocycles. The van der Waals surface area contributed by atoms with E-state index in [2.05, 4.69) is 5.32 Å². The molecule has 4 atom stereocenters. The average molecular weight is 433 g/mol. The normalized spacial score (nSPS) is 14.7. The molecule has 14 heteroatoms. The van der Waals surface area contributed by atoms with Gasteiger partial charge in [0.05, 0.1) is 25.5 Å². The highest BCUT2D eigenvalue weighted by molar-refractivity contribution is 5.96. The zero-order valence-corrected chi connectivity index (χ0v) is 16.5. The summed E-state index contributed by atoms with van der Waals surface area (Å²) in [4.78, 5) is 69.5. The van der Waals surface area contributed by atoms with Crippen molar-refractivity contribution in [3.8, 4) is 0 Å². The maximum absolute atomic E-state index is 12.3. The Balaban J connectivity index is 5.28. The Kier molecular flexibility index (Phi) is 11.0. The topological polar surface area (TPSA) is 251 Å². The fourth-order valence-electron chi connectivity index (χ4n) is 2.21. The highest BCUT2D eigenvalue weighted by Crippen LogP contribution is 2.04. The number of aliphatic hydroxyl groups is 1. The standard InChI is InChI=1S/C16H27N5O9/c1-6(2)12(16(29)30)21-14(27)8(4-11(24)25)19-15(28)9(5-22)20-13(26)7(17)3-10(18)23/h6-9,12,22H,3-5,17H2,1-2H3,(H2,18,23)(H,19,28)(H,20,26)(H,21,27)(H,24,25)(H,29,30). The molecule has 0 saturated heterocycles. The second-order valence-electron chi connectivity index (χ2n) is 6.75. The third-order valence-corrected chi connectivity index (χ3v) is 3.82. The van der Waals surface area contributed by atoms with Crippen LogP contribution >= 0.6 is 0 Å². The Labute approximate surface area is 171 Å². The van der Waals surface area contributed by atoms with Crippen LogP contribution in [0.4, 0.5) is 0 Å². The van der Waals surface area contributed by atoms with Gasteiger partial charge >= 0.3 is 11.9 Å². The van der Waals surface area contributed by atoms with Crippen molar-refractivity contribution >= 4 is 35.6 Å². The van der Waals surface area contributed by atoms with E-state index >= 15 is 0 Å². The van der Waals surface area contributed by atoms with E-state index in [4.69, 9.17) is 21.7 Å². The van der Waals surface area contributed by atoms with Gasteiger partial charge in [-0.1, -0.05) is 13.8 Å². The average Bonchev–Trinajstić information content (AvgIpc) is 2.61. The van der Waals surface area contributed by atoms with Crippen molar-refractivity contribution in [2.75, 3.05) is 6.61 Å². The van der Waals surface area contributed by atoms with E-state index in [1.807, 2.05) is 10.6 Å². The van der Waals surface area contributed by atoms with Gasteiger partial charge in [-0.15, -0.1) is 0 Å². The molecule has 0 aliphatic rings. The molecule has 0 aliphatic carbocycles. The minimum absolute atomic E-state index is 0.526. The number of carboxylic acid groups (broad SMARTS) is 2. The zero-order chi connectivity index (χ0) is 23.6. The lowest BCUT2D eigenvalue weighted by atomic mass is 10.0. The summed E-state index contributed by atoms with van der Waals surface area (Å²) in [6.45, 7) is 2.08. The highest BCUT2D eigenvalue weighted by Gasteiger charge is 2.32. The predicted octanol–water partition coefficient (Wildman–Crippen LogP) is -4.15. The van der Waals surface area contributed by atoms with Crippen molar-refractivity contribution in [1.82, 2.24) is 16.0 Å². The number of aliphatic carboxylic acids is 2. The first-order valence-electron chi connectivity index (χ1n) is 8.80. The second-order valence-corrected chi connectivity index (χ2v) is 6.75. The van der Waals surface area contributed by atoms with Gasteiger partial charge in [-0.3, -0.25) is 24.0 Å². The highest BCUT2D eigenvalue weighted by atomic mass is 16.4. The van der Waals surface area contributed by atoms with Crippen molar-refractivity contribution in [2.45, 2.75) is 50.9 Å². The number of aliphatic hydroxyl groups excluding tert-OH is 1. The lowest BCUT2D eigenvalue weighted by Gasteiger charge is -2.24. The lowest BCUT2D eigenvalue weighted by molar-refractivity contribution is -0.144. The van der Waals surface area contributed by atoms with Gasteiger partial charge in [0.15, 0.2) is 0 Å². The van der Waals surface area contributed by atoms with E-state index in [1.54, 1.807) is 0 Å². The van der Waals surface area contributed by atoms with Gasteiger partial charge in [0, 0.05) is 0 Å². The van der Waals surface area contributed by atoms with Crippen LogP contribution < -0.4 is 27.4 Å². The molecule has 0 aromatic rings. The van der Waals surface area contributed by atoms with E-state index < -0.39 is 85.1 Å². The Morgan fingerprint density at radius 3 is 1.73 bits per heavy atom. The summed E-state index contributed by atoms with van der Waals surface area (Å²) < 4.78 is 0. The fourth-order valence-corrected chi connectivity index (χ4v) is 2.21. The van der Waals surface area contributed by atoms with Gasteiger partial charge < -0.3 is 42.7 Å². The van der Waals surface area contributed by atoms with Gasteiger partial charge in [-0.25, -0.2) is 4.79 Å². The number of nitrogens with two attached hydrogens (primary N) is 2. The first kappa shape index (κ1) is 26.7. The lowest BCUT2D eigenvalue weighted by Crippen LogP contribution is -2.59. The molecular formula is C16H27N5O9. The SMILES string of the molecule is CC(C)C(NC(=O)C(CC(=O)O)NC(=O)C(CO)NC(=O)C(N)CC(N)=O)C(=O)O. The van der Waals surface area contributed by atoms with Crippen LogP contribution in [0.3, 0.4) is 0 Å². The summed E-state index contributed by atoms with van der Waals surface area (Å²) in [6.07, 6.45) is -1.42. The fraction of sp³-hybridized carbons (Fsp3) is 0.625. The molecular weight excluding hydrogens is 406 g/mol. The Morgan fingerprint density at radius 1 is 0.833 bits per heavy atom. The molecule has 0 rings (SSSR count). The third-order valence-electron chi connectivity index (χ3n) is 3.82. The second kappa shape index (κ2) is 12.3. The van der Waals surface area contributed by atoms with Crippen LogP contribution in [0, 0.1) is 5.92 Å². The maximum Gasteiger partial charge on any atom is 0.326 e. The zero-order valence-electron chi connectivity index (χ0n) is 16.5. The molecule has 10 N–H and O–H groups in total. The number of carbonyl (C=O) groups excluding carboxylic acids is 4. The van der Waals surface area contributed by atoms with Gasteiger partial charge in [-0.2, -0.15) is 0 Å². The monoisotopic (exact) mass is 433 g/mol. The van der Waals surface area contributed by atoms with E-state index in [-0.39, 0.29) is 0 Å². The van der Waals surface area contributed by atoms with Crippen molar-refractivity contribution in [1.29, 1.82) is 0 Å². The van der Waals surface area contributed by atoms with Crippen LogP contribution in [0.15, 0.2) is 0 Å². The third kappa shape index (κ3) is 9.29. The number of nitrogens with one attached hydrogen (secondary N) is 3. The molecule has 4 amide bonds. The molecule has 14 nitrogen and oxygen atoms in total. The van der Waals surface area contributed by atoms with Crippen LogP contribution in [0.5, 0.6) is 0 Å². The number of amides is 4. The van der Waals surface area contributed by atoms with Crippen molar-refractivity contribution in [3.05, 3.63) is 0 Å². The first-order valence-corrected chi connectivity index (χ1v) is 8.80. The number of hydrogen-bond acceptors (Lipinski definition) is 8. The smallest absolute Gasteiger partial charge is 0.326 e. The molecule has 30 heavy (non-hydrogen) atoms. The van der Waals surface area contributed by atoms with Crippen molar-refractivity contribution in [2.24, 2.45) is 17.4 Å². The van der Waals surface area contributed by atoms with Crippen molar-refractivity contribution in [3.63, 3.8) is 0 Å². The van der Waals surface area contributed by atoms with Crippen LogP contribution in [0.25, 0.3) is 0 Å². The summed E-state index contributed by atoms with van der Waals surface area (Å²) in [5, 5.41) is 33.6. The van der Waals surface area contributed by atoms with E-state index in [9.17, 15) is 33.9 Å². The van der Waals surface area contributed by atoms with Gasteiger partial charge in [0.1, 0.15) is 18.1 Å². The molecule has 0 bridgehead atoms. The Bertz CT molecular complexity index is 682. The van der Waals surface area contributed by atoms with Gasteiger partial charge in [-0.05, 0) is 5.92 Å². The predicted molar refractivity (Wildman–Crippen MR) is 99.4 cm³/mol.